The van der Waals surface area contributed by atoms with Crippen LogP contribution in [0.4, 0.5) is 0 Å². The molecule has 0 saturated heterocycles. The van der Waals surface area contributed by atoms with Gasteiger partial charge in [0.1, 0.15) is 19.3 Å². The topological polar surface area (TPSA) is 153 Å². The highest BCUT2D eigenvalue weighted by Gasteiger charge is 2.20. The predicted octanol–water partition coefficient (Wildman–Crippen LogP) is -1.26. The van der Waals surface area contributed by atoms with E-state index in [1.54, 1.807) is 0 Å². The van der Waals surface area contributed by atoms with Crippen LogP contribution >= 0.6 is 0 Å². The zero-order valence-electron chi connectivity index (χ0n) is 10.0. The van der Waals surface area contributed by atoms with E-state index < -0.39 is 36.3 Å². The van der Waals surface area contributed by atoms with Gasteiger partial charge in [-0.2, -0.15) is 0 Å². The van der Waals surface area contributed by atoms with Crippen LogP contribution < -0.4 is 5.73 Å². The average Bonchev–Trinajstić information content (AvgIpc) is 2.27. The second-order valence-corrected chi connectivity index (χ2v) is 3.49. The van der Waals surface area contributed by atoms with E-state index in [0.29, 0.717) is 0 Å². The van der Waals surface area contributed by atoms with Gasteiger partial charge in [-0.25, -0.2) is 0 Å². The number of carbonyl (C=O) groups excluding carboxylic acids is 2. The number of hydrogen-bond acceptors (Lipinski definition) is 7. The van der Waals surface area contributed by atoms with Crippen molar-refractivity contribution in [3.8, 4) is 0 Å². The molecule has 0 aliphatic heterocycles. The van der Waals surface area contributed by atoms with Crippen LogP contribution in [0.15, 0.2) is 0 Å². The van der Waals surface area contributed by atoms with E-state index in [9.17, 15) is 19.2 Å². The molecule has 0 spiro atoms. The van der Waals surface area contributed by atoms with Crippen molar-refractivity contribution in [1.29, 1.82) is 0 Å². The third kappa shape index (κ3) is 9.53. The Morgan fingerprint density at radius 1 is 0.947 bits per heavy atom. The summed E-state index contributed by atoms with van der Waals surface area (Å²) >= 11 is 0. The number of ether oxygens (including phenoxy) is 2. The molecular weight excluding hydrogens is 262 g/mol. The molecule has 9 nitrogen and oxygen atoms in total. The van der Waals surface area contributed by atoms with Crippen molar-refractivity contribution in [1.82, 2.24) is 0 Å². The van der Waals surface area contributed by atoms with Crippen molar-refractivity contribution in [2.75, 3.05) is 13.2 Å². The predicted molar refractivity (Wildman–Crippen MR) is 59.0 cm³/mol. The first-order valence-electron chi connectivity index (χ1n) is 5.34. The van der Waals surface area contributed by atoms with E-state index in [4.69, 9.17) is 15.9 Å². The van der Waals surface area contributed by atoms with Crippen LogP contribution in [0.2, 0.25) is 0 Å². The smallest absolute Gasteiger partial charge is 0.323 e. The number of carbonyl (C=O) groups is 4. The molecule has 0 radical (unpaired) electrons. The Hall–Kier alpha value is -2.16. The number of carboxylic acids is 2. The lowest BCUT2D eigenvalue weighted by molar-refractivity contribution is -0.154. The lowest BCUT2D eigenvalue weighted by Crippen LogP contribution is -2.35. The number of hydrogen-bond donors (Lipinski definition) is 3. The van der Waals surface area contributed by atoms with Crippen LogP contribution in [0, 0.1) is 0 Å². The van der Waals surface area contributed by atoms with Crippen LogP contribution in [-0.4, -0.2) is 53.3 Å². The molecule has 0 unspecified atom stereocenters. The Kier molecular flexibility index (Phi) is 7.85. The Bertz CT molecular complexity index is 353. The van der Waals surface area contributed by atoms with Gasteiger partial charge in [0.25, 0.3) is 0 Å². The van der Waals surface area contributed by atoms with Crippen molar-refractivity contribution >= 4 is 23.9 Å². The zero-order chi connectivity index (χ0) is 14.8. The summed E-state index contributed by atoms with van der Waals surface area (Å²) in [5.74, 6) is -4.00. The van der Waals surface area contributed by atoms with Gasteiger partial charge >= 0.3 is 23.9 Å². The molecule has 0 fully saturated rings. The van der Waals surface area contributed by atoms with Gasteiger partial charge in [-0.3, -0.25) is 19.2 Å². The van der Waals surface area contributed by atoms with Gasteiger partial charge in [-0.05, 0) is 0 Å². The molecule has 0 saturated carbocycles. The van der Waals surface area contributed by atoms with Crippen molar-refractivity contribution in [2.24, 2.45) is 5.73 Å². The first kappa shape index (κ1) is 16.8. The first-order valence-corrected chi connectivity index (χ1v) is 5.34. The molecule has 19 heavy (non-hydrogen) atoms. The minimum atomic E-state index is -1.27. The van der Waals surface area contributed by atoms with E-state index in [2.05, 4.69) is 9.47 Å². The third-order valence-corrected chi connectivity index (χ3v) is 1.83. The fraction of sp³-hybridized carbons (Fsp3) is 0.600. The Morgan fingerprint density at radius 3 is 1.89 bits per heavy atom. The molecular formula is C10H15NO8. The first-order chi connectivity index (χ1) is 8.82. The molecule has 0 amide bonds. The molecule has 1 atom stereocenters. The van der Waals surface area contributed by atoms with Gasteiger partial charge in [0.15, 0.2) is 0 Å². The summed E-state index contributed by atoms with van der Waals surface area (Å²) < 4.78 is 9.03. The minimum absolute atomic E-state index is 0.311. The van der Waals surface area contributed by atoms with Crippen LogP contribution in [-0.2, 0) is 28.7 Å². The maximum Gasteiger partial charge on any atom is 0.323 e. The third-order valence-electron chi connectivity index (χ3n) is 1.83. The Balaban J connectivity index is 3.84. The maximum absolute atomic E-state index is 11.2. The highest BCUT2D eigenvalue weighted by molar-refractivity contribution is 5.82. The molecule has 0 heterocycles. The summed E-state index contributed by atoms with van der Waals surface area (Å²) in [7, 11) is 0. The molecule has 9 heteroatoms. The molecule has 0 rings (SSSR count). The molecule has 108 valence electrons. The normalized spacial score (nSPS) is 11.4. The van der Waals surface area contributed by atoms with Crippen molar-refractivity contribution < 1.29 is 38.9 Å². The molecule has 0 aromatic rings. The lowest BCUT2D eigenvalue weighted by Gasteiger charge is -2.10. The number of esters is 2. The monoisotopic (exact) mass is 277 g/mol. The summed E-state index contributed by atoms with van der Waals surface area (Å²) in [5.41, 5.74) is 5.33. The lowest BCUT2D eigenvalue weighted by atomic mass is 10.2. The van der Waals surface area contributed by atoms with E-state index in [1.165, 1.54) is 0 Å². The summed E-state index contributed by atoms with van der Waals surface area (Å²) in [6.07, 6.45) is -1.17. The van der Waals surface area contributed by atoms with E-state index in [-0.39, 0.29) is 26.1 Å². The quantitative estimate of drug-likeness (QED) is 0.438. The highest BCUT2D eigenvalue weighted by Crippen LogP contribution is 1.97. The van der Waals surface area contributed by atoms with Gasteiger partial charge in [0.2, 0.25) is 0 Å². The number of carboxylic acid groups (broad SMARTS) is 2. The van der Waals surface area contributed by atoms with Gasteiger partial charge in [-0.1, -0.05) is 0 Å². The van der Waals surface area contributed by atoms with Crippen LogP contribution in [0.3, 0.4) is 0 Å². The van der Waals surface area contributed by atoms with Crippen LogP contribution in [0.5, 0.6) is 0 Å². The molecule has 0 aromatic heterocycles. The van der Waals surface area contributed by atoms with Crippen LogP contribution in [0.25, 0.3) is 0 Å². The summed E-state index contributed by atoms with van der Waals surface area (Å²) in [6, 6.07) is -1.27. The van der Waals surface area contributed by atoms with E-state index in [0.717, 1.165) is 0 Å². The van der Waals surface area contributed by atoms with Crippen molar-refractivity contribution in [3.05, 3.63) is 0 Å². The number of nitrogens with two attached hydrogens (primary N) is 1. The Labute approximate surface area is 108 Å². The number of aliphatic carboxylic acids is 2. The number of rotatable bonds is 9. The maximum atomic E-state index is 11.2. The molecule has 0 bridgehead atoms. The van der Waals surface area contributed by atoms with Gasteiger partial charge in [0, 0.05) is 0 Å². The second-order valence-electron chi connectivity index (χ2n) is 3.49. The summed E-state index contributed by atoms with van der Waals surface area (Å²) in [5, 5.41) is 16.6. The van der Waals surface area contributed by atoms with Gasteiger partial charge in [-0.15, -0.1) is 0 Å². The average molecular weight is 277 g/mol. The second kappa shape index (κ2) is 8.86. The summed E-state index contributed by atoms with van der Waals surface area (Å²) in [6.45, 7) is -0.648. The largest absolute Gasteiger partial charge is 0.481 e. The minimum Gasteiger partial charge on any atom is -0.481 e. The van der Waals surface area contributed by atoms with E-state index >= 15 is 0 Å². The SMILES string of the molecule is N[C@@H](CC(=O)OCCC(=O)O)C(=O)OCCC(=O)O. The van der Waals surface area contributed by atoms with Gasteiger partial charge < -0.3 is 25.4 Å². The van der Waals surface area contributed by atoms with Crippen molar-refractivity contribution in [2.45, 2.75) is 25.3 Å². The standard InChI is InChI=1S/C10H15NO8/c11-6(10(17)19-4-2-8(14)15)5-9(16)18-3-1-7(12)13/h6H,1-5,11H2,(H,12,13)(H,14,15)/t6-/m0/s1. The molecule has 4 N–H and O–H groups in total. The van der Waals surface area contributed by atoms with E-state index in [1.807, 2.05) is 0 Å². The fourth-order valence-electron chi connectivity index (χ4n) is 0.920. The highest BCUT2D eigenvalue weighted by atomic mass is 16.5. The van der Waals surface area contributed by atoms with Crippen molar-refractivity contribution in [3.63, 3.8) is 0 Å². The van der Waals surface area contributed by atoms with Crippen LogP contribution in [0.1, 0.15) is 19.3 Å². The molecule has 0 aromatic carbocycles. The molecule has 0 aliphatic rings. The Morgan fingerprint density at radius 2 is 1.42 bits per heavy atom. The van der Waals surface area contributed by atoms with Gasteiger partial charge in [0.05, 0.1) is 19.3 Å². The summed E-state index contributed by atoms with van der Waals surface area (Å²) in [4.78, 5) is 42.6. The molecule has 0 aliphatic carbocycles. The zero-order valence-corrected chi connectivity index (χ0v) is 10.0. The fourth-order valence-corrected chi connectivity index (χ4v) is 0.920.